The third-order valence-corrected chi connectivity index (χ3v) is 6.24. The second kappa shape index (κ2) is 15.2. The van der Waals surface area contributed by atoms with Gasteiger partial charge in [0.05, 0.1) is 23.8 Å². The molecule has 3 aromatic carbocycles. The summed E-state index contributed by atoms with van der Waals surface area (Å²) in [5.41, 5.74) is 2.49. The summed E-state index contributed by atoms with van der Waals surface area (Å²) in [6, 6.07) is 20.5. The Bertz CT molecular complexity index is 1060. The molecule has 0 atom stereocenters. The lowest BCUT2D eigenvalue weighted by molar-refractivity contribution is 0.0734. The first-order valence-electron chi connectivity index (χ1n) is 13.1. The predicted octanol–water partition coefficient (Wildman–Crippen LogP) is 9.14. The van der Waals surface area contributed by atoms with Crippen molar-refractivity contribution in [2.75, 3.05) is 13.2 Å². The second-order valence-electron chi connectivity index (χ2n) is 8.90. The first-order chi connectivity index (χ1) is 17.6. The Hall–Kier alpha value is -2.98. The minimum Gasteiger partial charge on any atom is -0.494 e. The maximum Gasteiger partial charge on any atom is 0.343 e. The molecule has 0 bridgehead atoms. The van der Waals surface area contributed by atoms with Crippen molar-refractivity contribution < 1.29 is 19.0 Å². The Morgan fingerprint density at radius 1 is 0.667 bits per heavy atom. The van der Waals surface area contributed by atoms with Crippen LogP contribution < -0.4 is 14.2 Å². The number of esters is 1. The fourth-order valence-corrected chi connectivity index (χ4v) is 4.03. The number of hydrogen-bond acceptors (Lipinski definition) is 4. The largest absolute Gasteiger partial charge is 0.494 e. The van der Waals surface area contributed by atoms with Gasteiger partial charge >= 0.3 is 5.97 Å². The zero-order valence-electron chi connectivity index (χ0n) is 21.4. The summed E-state index contributed by atoms with van der Waals surface area (Å²) in [6.45, 7) is 5.73. The third-order valence-electron chi connectivity index (χ3n) is 5.94. The summed E-state index contributed by atoms with van der Waals surface area (Å²) in [5.74, 6) is 1.48. The zero-order valence-corrected chi connectivity index (χ0v) is 22.2. The molecule has 0 saturated carbocycles. The van der Waals surface area contributed by atoms with Crippen LogP contribution in [0.1, 0.15) is 75.6 Å². The van der Waals surface area contributed by atoms with Gasteiger partial charge in [0.2, 0.25) is 0 Å². The Kier molecular flexibility index (Phi) is 11.7. The van der Waals surface area contributed by atoms with E-state index in [4.69, 9.17) is 25.8 Å². The van der Waals surface area contributed by atoms with E-state index in [0.29, 0.717) is 28.7 Å². The SMILES string of the molecule is CCCCCCCOc1ccc(-c2ccc(OC(=O)c3ccc(OCCCCC)c(Cl)c3)cc2)cc1. The van der Waals surface area contributed by atoms with Crippen molar-refractivity contribution in [2.45, 2.75) is 65.2 Å². The van der Waals surface area contributed by atoms with Crippen LogP contribution in [0.15, 0.2) is 66.7 Å². The van der Waals surface area contributed by atoms with Gasteiger partial charge in [0, 0.05) is 0 Å². The van der Waals surface area contributed by atoms with E-state index < -0.39 is 5.97 Å². The fraction of sp³-hybridized carbons (Fsp3) is 0.387. The number of carbonyl (C=O) groups excluding carboxylic acids is 1. The van der Waals surface area contributed by atoms with Crippen LogP contribution in [-0.2, 0) is 0 Å². The van der Waals surface area contributed by atoms with E-state index in [0.717, 1.165) is 49.2 Å². The van der Waals surface area contributed by atoms with Crippen LogP contribution in [-0.4, -0.2) is 19.2 Å². The van der Waals surface area contributed by atoms with Gasteiger partial charge in [-0.05, 0) is 66.4 Å². The fourth-order valence-electron chi connectivity index (χ4n) is 3.80. The van der Waals surface area contributed by atoms with Gasteiger partial charge in [0.15, 0.2) is 0 Å². The Balaban J connectivity index is 1.50. The van der Waals surface area contributed by atoms with Gasteiger partial charge in [-0.2, -0.15) is 0 Å². The smallest absolute Gasteiger partial charge is 0.343 e. The van der Waals surface area contributed by atoms with Crippen LogP contribution in [0.3, 0.4) is 0 Å². The molecule has 4 nitrogen and oxygen atoms in total. The van der Waals surface area contributed by atoms with E-state index in [2.05, 4.69) is 13.8 Å². The Labute approximate surface area is 220 Å². The first-order valence-corrected chi connectivity index (χ1v) is 13.5. The van der Waals surface area contributed by atoms with Crippen LogP contribution >= 0.6 is 11.6 Å². The minimum atomic E-state index is -0.460. The lowest BCUT2D eigenvalue weighted by Crippen LogP contribution is -2.08. The lowest BCUT2D eigenvalue weighted by atomic mass is 10.1. The minimum absolute atomic E-state index is 0.380. The monoisotopic (exact) mass is 508 g/mol. The Morgan fingerprint density at radius 3 is 1.86 bits per heavy atom. The van der Waals surface area contributed by atoms with Crippen LogP contribution in [0.4, 0.5) is 0 Å². The lowest BCUT2D eigenvalue weighted by Gasteiger charge is -2.10. The molecule has 3 aromatic rings. The Morgan fingerprint density at radius 2 is 1.22 bits per heavy atom. The van der Waals surface area contributed by atoms with Crippen molar-refractivity contribution in [3.63, 3.8) is 0 Å². The molecule has 0 fully saturated rings. The van der Waals surface area contributed by atoms with Gasteiger partial charge in [-0.25, -0.2) is 4.79 Å². The highest BCUT2D eigenvalue weighted by atomic mass is 35.5. The first kappa shape index (κ1) is 27.6. The van der Waals surface area contributed by atoms with Gasteiger partial charge in [-0.1, -0.05) is 88.2 Å². The van der Waals surface area contributed by atoms with Crippen molar-refractivity contribution in [3.8, 4) is 28.4 Å². The molecule has 0 aliphatic heterocycles. The van der Waals surface area contributed by atoms with Gasteiger partial charge in [0.1, 0.15) is 17.2 Å². The van der Waals surface area contributed by atoms with Crippen molar-refractivity contribution in [1.29, 1.82) is 0 Å². The van der Waals surface area contributed by atoms with Crippen molar-refractivity contribution in [2.24, 2.45) is 0 Å². The molecule has 0 radical (unpaired) electrons. The molecule has 0 saturated heterocycles. The topological polar surface area (TPSA) is 44.8 Å². The molecule has 3 rings (SSSR count). The molecule has 0 N–H and O–H groups in total. The number of benzene rings is 3. The van der Waals surface area contributed by atoms with Gasteiger partial charge in [-0.15, -0.1) is 0 Å². The van der Waals surface area contributed by atoms with Gasteiger partial charge in [0.25, 0.3) is 0 Å². The second-order valence-corrected chi connectivity index (χ2v) is 9.31. The summed E-state index contributed by atoms with van der Waals surface area (Å²) in [6.07, 6.45) is 9.34. The molecule has 0 spiro atoms. The number of carbonyl (C=O) groups is 1. The highest BCUT2D eigenvalue weighted by Gasteiger charge is 2.12. The summed E-state index contributed by atoms with van der Waals surface area (Å²) in [5, 5.41) is 0.403. The predicted molar refractivity (Wildman–Crippen MR) is 148 cm³/mol. The van der Waals surface area contributed by atoms with Crippen LogP contribution in [0.2, 0.25) is 5.02 Å². The van der Waals surface area contributed by atoms with E-state index >= 15 is 0 Å². The summed E-state index contributed by atoms with van der Waals surface area (Å²) in [7, 11) is 0. The maximum atomic E-state index is 12.6. The van der Waals surface area contributed by atoms with E-state index in [1.165, 1.54) is 25.7 Å². The van der Waals surface area contributed by atoms with Crippen molar-refractivity contribution in [1.82, 2.24) is 0 Å². The number of halogens is 1. The van der Waals surface area contributed by atoms with Crippen LogP contribution in [0.5, 0.6) is 17.2 Å². The molecular weight excluding hydrogens is 472 g/mol. The van der Waals surface area contributed by atoms with Crippen LogP contribution in [0.25, 0.3) is 11.1 Å². The van der Waals surface area contributed by atoms with E-state index in [1.807, 2.05) is 36.4 Å². The average molecular weight is 509 g/mol. The molecule has 5 heteroatoms. The van der Waals surface area contributed by atoms with E-state index in [1.54, 1.807) is 30.3 Å². The van der Waals surface area contributed by atoms with E-state index in [-0.39, 0.29) is 0 Å². The highest BCUT2D eigenvalue weighted by molar-refractivity contribution is 6.32. The molecule has 0 aliphatic rings. The number of ether oxygens (including phenoxy) is 3. The molecular formula is C31H37ClO4. The molecule has 36 heavy (non-hydrogen) atoms. The summed E-state index contributed by atoms with van der Waals surface area (Å²) in [4.78, 5) is 12.6. The van der Waals surface area contributed by atoms with Crippen molar-refractivity contribution >= 4 is 17.6 Å². The highest BCUT2D eigenvalue weighted by Crippen LogP contribution is 2.28. The standard InChI is InChI=1S/C31H37ClO4/c1-3-5-7-8-10-21-34-27-16-11-24(12-17-27)25-13-18-28(19-14-25)36-31(33)26-15-20-30(29(32)23-26)35-22-9-6-4-2/h11-20,23H,3-10,21-22H2,1-2H3. The molecule has 0 aliphatic carbocycles. The van der Waals surface area contributed by atoms with Crippen LogP contribution in [0, 0.1) is 0 Å². The maximum absolute atomic E-state index is 12.6. The third kappa shape index (κ3) is 8.91. The molecule has 192 valence electrons. The molecule has 0 amide bonds. The average Bonchev–Trinajstić information content (AvgIpc) is 2.90. The van der Waals surface area contributed by atoms with E-state index in [9.17, 15) is 4.79 Å². The number of hydrogen-bond donors (Lipinski definition) is 0. The molecule has 0 aromatic heterocycles. The zero-order chi connectivity index (χ0) is 25.6. The number of rotatable bonds is 15. The molecule has 0 heterocycles. The quantitative estimate of drug-likeness (QED) is 0.117. The van der Waals surface area contributed by atoms with Crippen molar-refractivity contribution in [3.05, 3.63) is 77.3 Å². The number of unbranched alkanes of at least 4 members (excludes halogenated alkanes) is 6. The van der Waals surface area contributed by atoms with Gasteiger partial charge in [-0.3, -0.25) is 0 Å². The summed E-state index contributed by atoms with van der Waals surface area (Å²) < 4.78 is 17.1. The normalized spacial score (nSPS) is 10.8. The summed E-state index contributed by atoms with van der Waals surface area (Å²) >= 11 is 6.30. The molecule has 0 unspecified atom stereocenters. The van der Waals surface area contributed by atoms with Gasteiger partial charge < -0.3 is 14.2 Å².